The molecule has 1 heterocycles. The number of methoxy groups -OCH3 is 1. The SMILES string of the molecule is CCc1nnsc1C(N)c1ccc(OC)c(F)c1. The smallest absolute Gasteiger partial charge is 0.165 e. The summed E-state index contributed by atoms with van der Waals surface area (Å²) in [5.41, 5.74) is 7.67. The first-order valence-electron chi connectivity index (χ1n) is 5.57. The number of ether oxygens (including phenoxy) is 1. The molecule has 0 aliphatic carbocycles. The van der Waals surface area contributed by atoms with Gasteiger partial charge in [0.1, 0.15) is 0 Å². The number of halogens is 1. The lowest BCUT2D eigenvalue weighted by Gasteiger charge is -2.12. The maximum Gasteiger partial charge on any atom is 0.165 e. The number of benzene rings is 1. The summed E-state index contributed by atoms with van der Waals surface area (Å²) in [6.07, 6.45) is 0.762. The minimum Gasteiger partial charge on any atom is -0.494 e. The molecule has 0 radical (unpaired) electrons. The molecule has 0 amide bonds. The largest absolute Gasteiger partial charge is 0.494 e. The maximum absolute atomic E-state index is 13.6. The highest BCUT2D eigenvalue weighted by molar-refractivity contribution is 7.05. The van der Waals surface area contributed by atoms with E-state index in [9.17, 15) is 4.39 Å². The van der Waals surface area contributed by atoms with Gasteiger partial charge in [-0.15, -0.1) is 5.10 Å². The fourth-order valence-corrected chi connectivity index (χ4v) is 2.49. The van der Waals surface area contributed by atoms with Crippen molar-refractivity contribution in [3.8, 4) is 5.75 Å². The second-order valence-corrected chi connectivity index (χ2v) is 4.59. The quantitative estimate of drug-likeness (QED) is 0.923. The van der Waals surface area contributed by atoms with Crippen LogP contribution in [0.5, 0.6) is 5.75 Å². The predicted octanol–water partition coefficient (Wildman–Crippen LogP) is 2.30. The van der Waals surface area contributed by atoms with Gasteiger partial charge in [0.2, 0.25) is 0 Å². The molecule has 2 aromatic rings. The Kier molecular flexibility index (Phi) is 3.88. The molecular weight excluding hydrogens is 253 g/mol. The minimum absolute atomic E-state index is 0.212. The standard InChI is InChI=1S/C12H14FN3OS/c1-3-9-12(18-16-15-9)11(14)7-4-5-10(17-2)8(13)6-7/h4-6,11H,3,14H2,1-2H3. The number of nitrogens with two attached hydrogens (primary N) is 1. The van der Waals surface area contributed by atoms with Crippen molar-refractivity contribution in [2.24, 2.45) is 5.73 Å². The van der Waals surface area contributed by atoms with E-state index in [4.69, 9.17) is 10.5 Å². The number of aromatic nitrogens is 2. The van der Waals surface area contributed by atoms with Crippen molar-refractivity contribution in [3.05, 3.63) is 40.2 Å². The maximum atomic E-state index is 13.6. The van der Waals surface area contributed by atoms with Gasteiger partial charge < -0.3 is 10.5 Å². The van der Waals surface area contributed by atoms with E-state index in [1.54, 1.807) is 12.1 Å². The van der Waals surface area contributed by atoms with E-state index in [1.165, 1.54) is 24.7 Å². The van der Waals surface area contributed by atoms with Crippen LogP contribution in [0.4, 0.5) is 4.39 Å². The molecule has 1 aromatic heterocycles. The summed E-state index contributed by atoms with van der Waals surface area (Å²) in [5.74, 6) is -0.204. The average molecular weight is 267 g/mol. The van der Waals surface area contributed by atoms with Crippen LogP contribution >= 0.6 is 11.5 Å². The Labute approximate surface area is 109 Å². The Hall–Kier alpha value is -1.53. The number of hydrogen-bond donors (Lipinski definition) is 1. The van der Waals surface area contributed by atoms with E-state index >= 15 is 0 Å². The summed E-state index contributed by atoms with van der Waals surface area (Å²) in [6, 6.07) is 4.32. The van der Waals surface area contributed by atoms with Gasteiger partial charge in [0.15, 0.2) is 11.6 Å². The van der Waals surface area contributed by atoms with E-state index < -0.39 is 11.9 Å². The second kappa shape index (κ2) is 5.41. The number of aryl methyl sites for hydroxylation is 1. The molecule has 0 saturated carbocycles. The average Bonchev–Trinajstić information content (AvgIpc) is 2.86. The Bertz CT molecular complexity index is 544. The highest BCUT2D eigenvalue weighted by atomic mass is 32.1. The Balaban J connectivity index is 2.34. The molecule has 0 fully saturated rings. The van der Waals surface area contributed by atoms with Crippen LogP contribution < -0.4 is 10.5 Å². The highest BCUT2D eigenvalue weighted by Crippen LogP contribution is 2.28. The van der Waals surface area contributed by atoms with Gasteiger partial charge in [-0.2, -0.15) is 0 Å². The molecule has 0 saturated heterocycles. The minimum atomic E-state index is -0.416. The van der Waals surface area contributed by atoms with Crippen LogP contribution in [-0.4, -0.2) is 16.7 Å². The first-order valence-corrected chi connectivity index (χ1v) is 6.34. The summed E-state index contributed by atoms with van der Waals surface area (Å²) in [4.78, 5) is 0.877. The third kappa shape index (κ3) is 2.34. The van der Waals surface area contributed by atoms with Gasteiger partial charge >= 0.3 is 0 Å². The molecular formula is C12H14FN3OS. The monoisotopic (exact) mass is 267 g/mol. The van der Waals surface area contributed by atoms with Gasteiger partial charge in [0, 0.05) is 0 Å². The van der Waals surface area contributed by atoms with E-state index in [-0.39, 0.29) is 5.75 Å². The molecule has 0 aliphatic rings. The van der Waals surface area contributed by atoms with Gasteiger partial charge in [-0.3, -0.25) is 0 Å². The van der Waals surface area contributed by atoms with Crippen molar-refractivity contribution in [1.29, 1.82) is 0 Å². The fraction of sp³-hybridized carbons (Fsp3) is 0.333. The van der Waals surface area contributed by atoms with E-state index in [0.29, 0.717) is 5.56 Å². The molecule has 1 aromatic carbocycles. The van der Waals surface area contributed by atoms with Crippen molar-refractivity contribution in [2.45, 2.75) is 19.4 Å². The topological polar surface area (TPSA) is 61.0 Å². The Morgan fingerprint density at radius 1 is 1.50 bits per heavy atom. The van der Waals surface area contributed by atoms with Gasteiger partial charge in [-0.25, -0.2) is 4.39 Å². The molecule has 18 heavy (non-hydrogen) atoms. The molecule has 2 rings (SSSR count). The second-order valence-electron chi connectivity index (χ2n) is 3.81. The Morgan fingerprint density at radius 2 is 2.28 bits per heavy atom. The van der Waals surface area contributed by atoms with Crippen LogP contribution in [0, 0.1) is 5.82 Å². The van der Waals surface area contributed by atoms with Crippen molar-refractivity contribution in [2.75, 3.05) is 7.11 Å². The van der Waals surface area contributed by atoms with Gasteiger partial charge in [0.25, 0.3) is 0 Å². The first-order chi connectivity index (χ1) is 8.67. The van der Waals surface area contributed by atoms with Crippen molar-refractivity contribution < 1.29 is 9.13 Å². The van der Waals surface area contributed by atoms with Crippen LogP contribution in [0.2, 0.25) is 0 Å². The Morgan fingerprint density at radius 3 is 2.89 bits per heavy atom. The van der Waals surface area contributed by atoms with Crippen LogP contribution in [0.1, 0.15) is 29.1 Å². The molecule has 1 unspecified atom stereocenters. The number of hydrogen-bond acceptors (Lipinski definition) is 5. The van der Waals surface area contributed by atoms with Gasteiger partial charge in [-0.1, -0.05) is 17.5 Å². The summed E-state index contributed by atoms with van der Waals surface area (Å²) < 4.78 is 22.4. The molecule has 0 spiro atoms. The summed E-state index contributed by atoms with van der Waals surface area (Å²) in [5, 5.41) is 4.01. The van der Waals surface area contributed by atoms with Crippen LogP contribution in [0.15, 0.2) is 18.2 Å². The molecule has 4 nitrogen and oxygen atoms in total. The van der Waals surface area contributed by atoms with E-state index in [0.717, 1.165) is 17.0 Å². The molecule has 6 heteroatoms. The fourth-order valence-electron chi connectivity index (χ4n) is 1.72. The zero-order valence-corrected chi connectivity index (χ0v) is 11.0. The zero-order valence-electron chi connectivity index (χ0n) is 10.2. The number of rotatable bonds is 4. The normalized spacial score (nSPS) is 12.4. The summed E-state index contributed by atoms with van der Waals surface area (Å²) in [6.45, 7) is 1.99. The van der Waals surface area contributed by atoms with Crippen LogP contribution in [0.3, 0.4) is 0 Å². The molecule has 1 atom stereocenters. The van der Waals surface area contributed by atoms with E-state index in [2.05, 4.69) is 9.59 Å². The van der Waals surface area contributed by atoms with Crippen molar-refractivity contribution in [3.63, 3.8) is 0 Å². The summed E-state index contributed by atoms with van der Waals surface area (Å²) >= 11 is 1.25. The van der Waals surface area contributed by atoms with E-state index in [1.807, 2.05) is 6.92 Å². The molecule has 96 valence electrons. The van der Waals surface area contributed by atoms with Gasteiger partial charge in [0.05, 0.1) is 23.7 Å². The zero-order chi connectivity index (χ0) is 13.1. The summed E-state index contributed by atoms with van der Waals surface area (Å²) in [7, 11) is 1.43. The number of nitrogens with zero attached hydrogens (tertiary/aromatic N) is 2. The van der Waals surface area contributed by atoms with Crippen molar-refractivity contribution in [1.82, 2.24) is 9.59 Å². The van der Waals surface area contributed by atoms with Gasteiger partial charge in [-0.05, 0) is 35.6 Å². The predicted molar refractivity (Wildman–Crippen MR) is 68.3 cm³/mol. The molecule has 0 bridgehead atoms. The third-order valence-electron chi connectivity index (χ3n) is 2.74. The third-order valence-corrected chi connectivity index (χ3v) is 3.59. The lowest BCUT2D eigenvalue weighted by molar-refractivity contribution is 0.386. The van der Waals surface area contributed by atoms with Crippen LogP contribution in [-0.2, 0) is 6.42 Å². The molecule has 0 aliphatic heterocycles. The van der Waals surface area contributed by atoms with Crippen LogP contribution in [0.25, 0.3) is 0 Å². The highest BCUT2D eigenvalue weighted by Gasteiger charge is 2.17. The van der Waals surface area contributed by atoms with Crippen molar-refractivity contribution >= 4 is 11.5 Å². The molecule has 2 N–H and O–H groups in total. The lowest BCUT2D eigenvalue weighted by Crippen LogP contribution is -2.12. The first kappa shape index (κ1) is 12.9. The lowest BCUT2D eigenvalue weighted by atomic mass is 10.0.